The van der Waals surface area contributed by atoms with Crippen LogP contribution in [0.2, 0.25) is 0 Å². The highest BCUT2D eigenvalue weighted by Crippen LogP contribution is 2.29. The van der Waals surface area contributed by atoms with Gasteiger partial charge in [-0.2, -0.15) is 0 Å². The molecule has 1 saturated carbocycles. The van der Waals surface area contributed by atoms with E-state index in [1.807, 2.05) is 0 Å². The summed E-state index contributed by atoms with van der Waals surface area (Å²) in [6.07, 6.45) is 2.57. The van der Waals surface area contributed by atoms with Gasteiger partial charge in [0.1, 0.15) is 0 Å². The first-order chi connectivity index (χ1) is 10.6. The Bertz CT molecular complexity index is 607. The average Bonchev–Trinajstić information content (AvgIpc) is 3.31. The number of carbonyl (C=O) groups is 3. The molecule has 116 valence electrons. The third kappa shape index (κ3) is 2.87. The molecule has 0 unspecified atom stereocenters. The molecule has 22 heavy (non-hydrogen) atoms. The number of ether oxygens (including phenoxy) is 1. The van der Waals surface area contributed by atoms with Crippen LogP contribution < -0.4 is 10.2 Å². The molecule has 2 aliphatic rings. The lowest BCUT2D eigenvalue weighted by Gasteiger charge is -2.15. The number of benzene rings is 1. The van der Waals surface area contributed by atoms with E-state index in [0.29, 0.717) is 17.2 Å². The SMILES string of the molecule is COC(=O)c1ccc(N2C(=O)C[C@H](NCC3CC3)C2=O)cc1. The summed E-state index contributed by atoms with van der Waals surface area (Å²) >= 11 is 0. The van der Waals surface area contributed by atoms with E-state index in [0.717, 1.165) is 6.54 Å². The lowest BCUT2D eigenvalue weighted by molar-refractivity contribution is -0.121. The maximum atomic E-state index is 12.4. The Labute approximate surface area is 128 Å². The Balaban J connectivity index is 1.71. The maximum absolute atomic E-state index is 12.4. The van der Waals surface area contributed by atoms with E-state index in [2.05, 4.69) is 10.1 Å². The summed E-state index contributed by atoms with van der Waals surface area (Å²) in [5, 5.41) is 3.18. The highest BCUT2D eigenvalue weighted by atomic mass is 16.5. The minimum Gasteiger partial charge on any atom is -0.465 e. The van der Waals surface area contributed by atoms with Crippen molar-refractivity contribution in [1.29, 1.82) is 0 Å². The molecular formula is C16H18N2O4. The highest BCUT2D eigenvalue weighted by Gasteiger charge is 2.40. The van der Waals surface area contributed by atoms with E-state index in [1.165, 1.54) is 24.9 Å². The molecule has 0 spiro atoms. The molecule has 1 aliphatic heterocycles. The lowest BCUT2D eigenvalue weighted by atomic mass is 10.2. The van der Waals surface area contributed by atoms with Gasteiger partial charge < -0.3 is 10.1 Å². The van der Waals surface area contributed by atoms with Gasteiger partial charge >= 0.3 is 5.97 Å². The number of rotatable bonds is 5. The van der Waals surface area contributed by atoms with Crippen molar-refractivity contribution in [3.05, 3.63) is 29.8 Å². The Kier molecular flexibility index (Phi) is 3.94. The molecule has 2 fully saturated rings. The maximum Gasteiger partial charge on any atom is 0.337 e. The zero-order chi connectivity index (χ0) is 15.7. The average molecular weight is 302 g/mol. The summed E-state index contributed by atoms with van der Waals surface area (Å²) in [5.41, 5.74) is 0.868. The summed E-state index contributed by atoms with van der Waals surface area (Å²) in [7, 11) is 1.31. The third-order valence-electron chi connectivity index (χ3n) is 4.04. The zero-order valence-corrected chi connectivity index (χ0v) is 12.4. The van der Waals surface area contributed by atoms with Gasteiger partial charge in [-0.15, -0.1) is 0 Å². The quantitative estimate of drug-likeness (QED) is 0.651. The molecule has 6 nitrogen and oxygen atoms in total. The van der Waals surface area contributed by atoms with Crippen LogP contribution >= 0.6 is 0 Å². The number of methoxy groups -OCH3 is 1. The molecule has 6 heteroatoms. The second kappa shape index (κ2) is 5.88. The normalized spacial score (nSPS) is 21.3. The molecule has 0 aromatic heterocycles. The minimum atomic E-state index is -0.449. The van der Waals surface area contributed by atoms with E-state index in [9.17, 15) is 14.4 Å². The first kappa shape index (κ1) is 14.7. The summed E-state index contributed by atoms with van der Waals surface area (Å²) in [5.74, 6) is -0.244. The van der Waals surface area contributed by atoms with E-state index < -0.39 is 12.0 Å². The van der Waals surface area contributed by atoms with Gasteiger partial charge in [-0.3, -0.25) is 9.59 Å². The molecule has 1 aromatic carbocycles. The van der Waals surface area contributed by atoms with Crippen LogP contribution in [-0.2, 0) is 14.3 Å². The number of amides is 2. The third-order valence-corrected chi connectivity index (χ3v) is 4.04. The summed E-state index contributed by atoms with van der Waals surface area (Å²) in [6.45, 7) is 0.790. The van der Waals surface area contributed by atoms with Gasteiger partial charge in [0.25, 0.3) is 5.91 Å². The van der Waals surface area contributed by atoms with E-state index in [4.69, 9.17) is 0 Å². The van der Waals surface area contributed by atoms with Crippen LogP contribution in [0.15, 0.2) is 24.3 Å². The Hall–Kier alpha value is -2.21. The highest BCUT2D eigenvalue weighted by molar-refractivity contribution is 6.22. The molecule has 1 aromatic rings. The number of esters is 1. The molecule has 0 bridgehead atoms. The standard InChI is InChI=1S/C16H18N2O4/c1-22-16(21)11-4-6-12(7-5-11)18-14(19)8-13(15(18)20)17-9-10-2-3-10/h4-7,10,13,17H,2-3,8-9H2,1H3/t13-/m0/s1. The van der Waals surface area contributed by atoms with E-state index in [-0.39, 0.29) is 18.2 Å². The Morgan fingerprint density at radius 1 is 1.27 bits per heavy atom. The zero-order valence-electron chi connectivity index (χ0n) is 12.4. The number of hydrogen-bond acceptors (Lipinski definition) is 5. The van der Waals surface area contributed by atoms with Gasteiger partial charge in [-0.05, 0) is 49.6 Å². The fraction of sp³-hybridized carbons (Fsp3) is 0.438. The van der Waals surface area contributed by atoms with Crippen LogP contribution in [0.1, 0.15) is 29.6 Å². The Morgan fingerprint density at radius 2 is 1.95 bits per heavy atom. The van der Waals surface area contributed by atoms with E-state index >= 15 is 0 Å². The molecule has 3 rings (SSSR count). The molecule has 1 aliphatic carbocycles. The number of nitrogens with one attached hydrogen (secondary N) is 1. The Morgan fingerprint density at radius 3 is 2.55 bits per heavy atom. The summed E-state index contributed by atoms with van der Waals surface area (Å²) in [4.78, 5) is 37.1. The predicted molar refractivity (Wildman–Crippen MR) is 79.4 cm³/mol. The van der Waals surface area contributed by atoms with Crippen molar-refractivity contribution in [2.24, 2.45) is 5.92 Å². The van der Waals surface area contributed by atoms with E-state index in [1.54, 1.807) is 24.3 Å². The van der Waals surface area contributed by atoms with Gasteiger partial charge in [-0.1, -0.05) is 0 Å². The largest absolute Gasteiger partial charge is 0.465 e. The minimum absolute atomic E-state index is 0.185. The number of imide groups is 1. The molecule has 2 amide bonds. The monoisotopic (exact) mass is 302 g/mol. The molecule has 0 radical (unpaired) electrons. The molecule has 1 atom stereocenters. The number of anilines is 1. The number of hydrogen-bond donors (Lipinski definition) is 1. The van der Waals surface area contributed by atoms with Crippen LogP contribution in [0, 0.1) is 5.92 Å². The van der Waals surface area contributed by atoms with Crippen molar-refractivity contribution in [2.45, 2.75) is 25.3 Å². The van der Waals surface area contributed by atoms with Crippen LogP contribution in [0.25, 0.3) is 0 Å². The van der Waals surface area contributed by atoms with Crippen LogP contribution in [0.5, 0.6) is 0 Å². The van der Waals surface area contributed by atoms with Crippen molar-refractivity contribution in [2.75, 3.05) is 18.6 Å². The number of nitrogens with zero attached hydrogens (tertiary/aromatic N) is 1. The van der Waals surface area contributed by atoms with Crippen molar-refractivity contribution in [3.8, 4) is 0 Å². The van der Waals surface area contributed by atoms with Crippen molar-refractivity contribution in [3.63, 3.8) is 0 Å². The van der Waals surface area contributed by atoms with Gasteiger partial charge in [0.15, 0.2) is 0 Å². The fourth-order valence-corrected chi connectivity index (χ4v) is 2.56. The molecule has 1 N–H and O–H groups in total. The van der Waals surface area contributed by atoms with Crippen molar-refractivity contribution >= 4 is 23.5 Å². The topological polar surface area (TPSA) is 75.7 Å². The van der Waals surface area contributed by atoms with Gasteiger partial charge in [0.2, 0.25) is 5.91 Å². The first-order valence-corrected chi connectivity index (χ1v) is 7.38. The van der Waals surface area contributed by atoms with Gasteiger partial charge in [-0.25, -0.2) is 9.69 Å². The smallest absolute Gasteiger partial charge is 0.337 e. The molecule has 1 heterocycles. The first-order valence-electron chi connectivity index (χ1n) is 7.38. The predicted octanol–water partition coefficient (Wildman–Crippen LogP) is 1.10. The fourth-order valence-electron chi connectivity index (χ4n) is 2.56. The summed E-state index contributed by atoms with van der Waals surface area (Å²) < 4.78 is 4.62. The van der Waals surface area contributed by atoms with Crippen LogP contribution in [0.4, 0.5) is 5.69 Å². The van der Waals surface area contributed by atoms with Gasteiger partial charge in [0.05, 0.1) is 30.8 Å². The second-order valence-electron chi connectivity index (χ2n) is 5.71. The lowest BCUT2D eigenvalue weighted by Crippen LogP contribution is -2.39. The van der Waals surface area contributed by atoms with Crippen molar-refractivity contribution < 1.29 is 19.1 Å². The van der Waals surface area contributed by atoms with Gasteiger partial charge in [0, 0.05) is 0 Å². The van der Waals surface area contributed by atoms with Crippen LogP contribution in [0.3, 0.4) is 0 Å². The second-order valence-corrected chi connectivity index (χ2v) is 5.71. The molecule has 1 saturated heterocycles. The molecular weight excluding hydrogens is 284 g/mol. The number of carbonyl (C=O) groups excluding carboxylic acids is 3. The van der Waals surface area contributed by atoms with Crippen LogP contribution in [-0.4, -0.2) is 37.5 Å². The summed E-state index contributed by atoms with van der Waals surface area (Å²) in [6, 6.07) is 5.84. The van der Waals surface area contributed by atoms with Crippen molar-refractivity contribution in [1.82, 2.24) is 5.32 Å².